The summed E-state index contributed by atoms with van der Waals surface area (Å²) in [5.74, 6) is 1.85. The van der Waals surface area contributed by atoms with Crippen molar-refractivity contribution >= 4 is 11.6 Å². The van der Waals surface area contributed by atoms with Gasteiger partial charge < -0.3 is 4.74 Å². The van der Waals surface area contributed by atoms with Gasteiger partial charge in [0.2, 0.25) is 0 Å². The molecule has 0 aromatic heterocycles. The van der Waals surface area contributed by atoms with E-state index in [-0.39, 0.29) is 0 Å². The first-order valence-corrected chi connectivity index (χ1v) is 7.13. The van der Waals surface area contributed by atoms with Gasteiger partial charge in [-0.2, -0.15) is 0 Å². The van der Waals surface area contributed by atoms with Crippen molar-refractivity contribution in [2.75, 3.05) is 0 Å². The molecule has 0 spiro atoms. The van der Waals surface area contributed by atoms with Crippen molar-refractivity contribution in [3.05, 3.63) is 64.7 Å². The van der Waals surface area contributed by atoms with E-state index in [1.165, 1.54) is 24.8 Å². The van der Waals surface area contributed by atoms with Gasteiger partial charge in [-0.3, -0.25) is 0 Å². The van der Waals surface area contributed by atoms with Gasteiger partial charge in [-0.1, -0.05) is 35.9 Å². The predicted molar refractivity (Wildman–Crippen MR) is 78.7 cm³/mol. The third kappa shape index (κ3) is 3.74. The lowest BCUT2D eigenvalue weighted by atomic mass is 10.1. The SMILES string of the molecule is Clc1cccc(COc2ccc(CC3CC3)cc2)c1. The van der Waals surface area contributed by atoms with Crippen LogP contribution in [-0.4, -0.2) is 0 Å². The third-order valence-corrected chi connectivity index (χ3v) is 3.67. The average Bonchev–Trinajstić information content (AvgIpc) is 3.22. The normalized spacial score (nSPS) is 14.4. The van der Waals surface area contributed by atoms with E-state index in [4.69, 9.17) is 16.3 Å². The number of halogens is 1. The Morgan fingerprint density at radius 2 is 1.79 bits per heavy atom. The van der Waals surface area contributed by atoms with Crippen molar-refractivity contribution in [2.45, 2.75) is 25.9 Å². The van der Waals surface area contributed by atoms with E-state index in [0.29, 0.717) is 6.61 Å². The van der Waals surface area contributed by atoms with Crippen LogP contribution in [0.3, 0.4) is 0 Å². The third-order valence-electron chi connectivity index (χ3n) is 3.44. The molecule has 1 aliphatic carbocycles. The van der Waals surface area contributed by atoms with Gasteiger partial charge in [0, 0.05) is 5.02 Å². The van der Waals surface area contributed by atoms with Crippen LogP contribution < -0.4 is 4.74 Å². The molecule has 0 atom stereocenters. The van der Waals surface area contributed by atoms with Crippen LogP contribution in [0.5, 0.6) is 5.75 Å². The van der Waals surface area contributed by atoms with Gasteiger partial charge in [-0.15, -0.1) is 0 Å². The van der Waals surface area contributed by atoms with Gasteiger partial charge in [0.1, 0.15) is 12.4 Å². The number of hydrogen-bond acceptors (Lipinski definition) is 1. The number of hydrogen-bond donors (Lipinski definition) is 0. The number of benzene rings is 2. The molecule has 0 saturated heterocycles. The van der Waals surface area contributed by atoms with Crippen molar-refractivity contribution in [3.63, 3.8) is 0 Å². The largest absolute Gasteiger partial charge is 0.489 e. The van der Waals surface area contributed by atoms with E-state index in [9.17, 15) is 0 Å². The minimum absolute atomic E-state index is 0.558. The lowest BCUT2D eigenvalue weighted by Gasteiger charge is -2.07. The van der Waals surface area contributed by atoms with Crippen molar-refractivity contribution in [1.82, 2.24) is 0 Å². The van der Waals surface area contributed by atoms with E-state index in [2.05, 4.69) is 24.3 Å². The van der Waals surface area contributed by atoms with Crippen LogP contribution in [0, 0.1) is 5.92 Å². The molecule has 1 fully saturated rings. The first kappa shape index (κ1) is 12.6. The maximum atomic E-state index is 5.95. The fourth-order valence-electron chi connectivity index (χ4n) is 2.17. The molecular formula is C17H17ClO. The summed E-state index contributed by atoms with van der Waals surface area (Å²) in [5.41, 5.74) is 2.51. The van der Waals surface area contributed by atoms with Crippen LogP contribution in [0.4, 0.5) is 0 Å². The summed E-state index contributed by atoms with van der Waals surface area (Å²) < 4.78 is 5.76. The average molecular weight is 273 g/mol. The van der Waals surface area contributed by atoms with Gasteiger partial charge in [0.15, 0.2) is 0 Å². The van der Waals surface area contributed by atoms with E-state index >= 15 is 0 Å². The fraction of sp³-hybridized carbons (Fsp3) is 0.294. The van der Waals surface area contributed by atoms with Gasteiger partial charge in [0.25, 0.3) is 0 Å². The van der Waals surface area contributed by atoms with Gasteiger partial charge >= 0.3 is 0 Å². The standard InChI is InChI=1S/C17H17ClO/c18-16-3-1-2-15(11-16)12-19-17-8-6-14(7-9-17)10-13-4-5-13/h1-3,6-9,11,13H,4-5,10,12H2. The van der Waals surface area contributed by atoms with Crippen molar-refractivity contribution in [1.29, 1.82) is 0 Å². The van der Waals surface area contributed by atoms with Crippen LogP contribution in [0.15, 0.2) is 48.5 Å². The van der Waals surface area contributed by atoms with E-state index in [0.717, 1.165) is 22.3 Å². The Labute approximate surface area is 119 Å². The first-order chi connectivity index (χ1) is 9.29. The summed E-state index contributed by atoms with van der Waals surface area (Å²) >= 11 is 5.95. The fourth-order valence-corrected chi connectivity index (χ4v) is 2.38. The Kier molecular flexibility index (Phi) is 3.74. The Balaban J connectivity index is 1.57. The zero-order valence-corrected chi connectivity index (χ0v) is 11.6. The van der Waals surface area contributed by atoms with E-state index in [1.807, 2.05) is 24.3 Å². The highest BCUT2D eigenvalue weighted by Crippen LogP contribution is 2.32. The molecule has 2 aromatic carbocycles. The summed E-state index contributed by atoms with van der Waals surface area (Å²) in [6.07, 6.45) is 4.01. The number of rotatable bonds is 5. The quantitative estimate of drug-likeness (QED) is 0.754. The molecule has 1 nitrogen and oxygen atoms in total. The second kappa shape index (κ2) is 5.66. The summed E-state index contributed by atoms with van der Waals surface area (Å²) in [4.78, 5) is 0. The maximum Gasteiger partial charge on any atom is 0.119 e. The van der Waals surface area contributed by atoms with Gasteiger partial charge in [0.05, 0.1) is 0 Å². The molecule has 1 saturated carbocycles. The molecule has 0 unspecified atom stereocenters. The van der Waals surface area contributed by atoms with Crippen LogP contribution in [0.2, 0.25) is 5.02 Å². The predicted octanol–water partition coefficient (Wildman–Crippen LogP) is 4.87. The Morgan fingerprint density at radius 3 is 2.47 bits per heavy atom. The lowest BCUT2D eigenvalue weighted by Crippen LogP contribution is -1.95. The summed E-state index contributed by atoms with van der Waals surface area (Å²) in [6.45, 7) is 0.558. The minimum atomic E-state index is 0.558. The van der Waals surface area contributed by atoms with Gasteiger partial charge in [-0.05, 0) is 60.6 Å². The smallest absolute Gasteiger partial charge is 0.119 e. The molecule has 0 bridgehead atoms. The summed E-state index contributed by atoms with van der Waals surface area (Å²) in [6, 6.07) is 16.2. The van der Waals surface area contributed by atoms with Crippen molar-refractivity contribution in [2.24, 2.45) is 5.92 Å². The van der Waals surface area contributed by atoms with Crippen molar-refractivity contribution in [3.8, 4) is 5.75 Å². The molecule has 98 valence electrons. The molecule has 0 heterocycles. The molecular weight excluding hydrogens is 256 g/mol. The van der Waals surface area contributed by atoms with Gasteiger partial charge in [-0.25, -0.2) is 0 Å². The topological polar surface area (TPSA) is 9.23 Å². The molecule has 19 heavy (non-hydrogen) atoms. The minimum Gasteiger partial charge on any atom is -0.489 e. The van der Waals surface area contributed by atoms with Crippen LogP contribution >= 0.6 is 11.6 Å². The van der Waals surface area contributed by atoms with Crippen molar-refractivity contribution < 1.29 is 4.74 Å². The highest BCUT2D eigenvalue weighted by Gasteiger charge is 2.21. The highest BCUT2D eigenvalue weighted by atomic mass is 35.5. The monoisotopic (exact) mass is 272 g/mol. The van der Waals surface area contributed by atoms with Crippen LogP contribution in [0.1, 0.15) is 24.0 Å². The molecule has 3 rings (SSSR count). The zero-order valence-electron chi connectivity index (χ0n) is 10.8. The second-order valence-electron chi connectivity index (χ2n) is 5.21. The highest BCUT2D eigenvalue weighted by molar-refractivity contribution is 6.30. The lowest BCUT2D eigenvalue weighted by molar-refractivity contribution is 0.306. The Morgan fingerprint density at radius 1 is 1.00 bits per heavy atom. The van der Waals surface area contributed by atoms with E-state index in [1.54, 1.807) is 0 Å². The van der Waals surface area contributed by atoms with E-state index < -0.39 is 0 Å². The second-order valence-corrected chi connectivity index (χ2v) is 5.65. The Hall–Kier alpha value is -1.47. The molecule has 0 aliphatic heterocycles. The summed E-state index contributed by atoms with van der Waals surface area (Å²) in [5, 5.41) is 0.751. The van der Waals surface area contributed by atoms with Crippen LogP contribution in [-0.2, 0) is 13.0 Å². The molecule has 2 aromatic rings. The zero-order chi connectivity index (χ0) is 13.1. The molecule has 0 N–H and O–H groups in total. The summed E-state index contributed by atoms with van der Waals surface area (Å²) in [7, 11) is 0. The molecule has 2 heteroatoms. The molecule has 1 aliphatic rings. The maximum absolute atomic E-state index is 5.95. The number of ether oxygens (including phenoxy) is 1. The first-order valence-electron chi connectivity index (χ1n) is 6.76. The molecule has 0 amide bonds. The Bertz CT molecular complexity index is 543. The molecule has 0 radical (unpaired) electrons. The van der Waals surface area contributed by atoms with Crippen LogP contribution in [0.25, 0.3) is 0 Å².